The molecule has 0 radical (unpaired) electrons. The lowest BCUT2D eigenvalue weighted by atomic mass is 9.92. The number of methoxy groups -OCH3 is 1. The number of hydrogen-bond donors (Lipinski definition) is 0. The molecule has 2 fully saturated rings. The molecule has 0 N–H and O–H groups in total. The molecule has 2 aliphatic carbocycles. The maximum Gasteiger partial charge on any atom is 0.0574 e. The minimum absolute atomic E-state index is 0.577. The van der Waals surface area contributed by atoms with E-state index in [1.165, 1.54) is 51.4 Å². The quantitative estimate of drug-likeness (QED) is 0.604. The van der Waals surface area contributed by atoms with Crippen LogP contribution in [0.2, 0.25) is 0 Å². The first kappa shape index (κ1) is 9.51. The second kappa shape index (κ2) is 4.45. The van der Waals surface area contributed by atoms with Crippen LogP contribution in [0.1, 0.15) is 51.4 Å². The molecule has 1 heteroatoms. The topological polar surface area (TPSA) is 9.23 Å². The highest BCUT2D eigenvalue weighted by atomic mass is 16.5. The van der Waals surface area contributed by atoms with Crippen molar-refractivity contribution in [2.75, 3.05) is 7.11 Å². The van der Waals surface area contributed by atoms with E-state index in [1.54, 1.807) is 0 Å². The Morgan fingerprint density at radius 2 is 1.62 bits per heavy atom. The molecule has 0 amide bonds. The van der Waals surface area contributed by atoms with Crippen LogP contribution in [0.3, 0.4) is 0 Å². The van der Waals surface area contributed by atoms with E-state index in [0.29, 0.717) is 6.10 Å². The summed E-state index contributed by atoms with van der Waals surface area (Å²) in [4.78, 5) is 0. The van der Waals surface area contributed by atoms with Gasteiger partial charge in [-0.1, -0.05) is 25.7 Å². The van der Waals surface area contributed by atoms with Crippen molar-refractivity contribution < 1.29 is 4.74 Å². The summed E-state index contributed by atoms with van der Waals surface area (Å²) in [5.74, 6) is 2.02. The Balaban J connectivity index is 1.96. The van der Waals surface area contributed by atoms with Crippen molar-refractivity contribution >= 4 is 0 Å². The number of rotatable bonds is 1. The van der Waals surface area contributed by atoms with Gasteiger partial charge >= 0.3 is 0 Å². The van der Waals surface area contributed by atoms with Crippen LogP contribution >= 0.6 is 0 Å². The third kappa shape index (κ3) is 2.46. The SMILES string of the molecule is COC1CCC2CCCCC(C2)C1. The van der Waals surface area contributed by atoms with Crippen LogP contribution in [-0.2, 0) is 4.74 Å². The van der Waals surface area contributed by atoms with Gasteiger partial charge < -0.3 is 4.74 Å². The predicted octanol–water partition coefficient (Wildman–Crippen LogP) is 3.38. The number of ether oxygens (including phenoxy) is 1. The highest BCUT2D eigenvalue weighted by Gasteiger charge is 2.27. The summed E-state index contributed by atoms with van der Waals surface area (Å²) < 4.78 is 5.52. The fourth-order valence-electron chi connectivity index (χ4n) is 3.17. The Bertz CT molecular complexity index is 155. The first-order valence-corrected chi connectivity index (χ1v) is 5.91. The van der Waals surface area contributed by atoms with Crippen LogP contribution in [0, 0.1) is 11.8 Å². The van der Waals surface area contributed by atoms with Crippen molar-refractivity contribution in [1.29, 1.82) is 0 Å². The molecule has 3 unspecified atom stereocenters. The van der Waals surface area contributed by atoms with Crippen LogP contribution in [-0.4, -0.2) is 13.2 Å². The van der Waals surface area contributed by atoms with Gasteiger partial charge in [-0.05, 0) is 37.5 Å². The Kier molecular flexibility index (Phi) is 3.26. The molecule has 3 atom stereocenters. The van der Waals surface area contributed by atoms with Gasteiger partial charge in [-0.25, -0.2) is 0 Å². The molecule has 0 aromatic rings. The molecule has 0 saturated heterocycles. The summed E-state index contributed by atoms with van der Waals surface area (Å²) >= 11 is 0. The summed E-state index contributed by atoms with van der Waals surface area (Å²) in [5.41, 5.74) is 0. The van der Waals surface area contributed by atoms with Crippen LogP contribution in [0.5, 0.6) is 0 Å². The zero-order chi connectivity index (χ0) is 9.10. The van der Waals surface area contributed by atoms with Crippen molar-refractivity contribution in [3.8, 4) is 0 Å². The van der Waals surface area contributed by atoms with E-state index in [4.69, 9.17) is 4.74 Å². The zero-order valence-electron chi connectivity index (χ0n) is 8.80. The van der Waals surface area contributed by atoms with E-state index >= 15 is 0 Å². The van der Waals surface area contributed by atoms with Gasteiger partial charge in [0, 0.05) is 7.11 Å². The maximum absolute atomic E-state index is 5.52. The van der Waals surface area contributed by atoms with E-state index in [9.17, 15) is 0 Å². The lowest BCUT2D eigenvalue weighted by Crippen LogP contribution is -2.13. The van der Waals surface area contributed by atoms with Crippen molar-refractivity contribution in [3.05, 3.63) is 0 Å². The van der Waals surface area contributed by atoms with Gasteiger partial charge in [-0.2, -0.15) is 0 Å². The van der Waals surface area contributed by atoms with E-state index in [1.807, 2.05) is 7.11 Å². The molecule has 76 valence electrons. The third-order valence-electron chi connectivity index (χ3n) is 3.97. The highest BCUT2D eigenvalue weighted by Crippen LogP contribution is 2.37. The minimum atomic E-state index is 0.577. The largest absolute Gasteiger partial charge is 0.381 e. The lowest BCUT2D eigenvalue weighted by molar-refractivity contribution is 0.0769. The van der Waals surface area contributed by atoms with Gasteiger partial charge in [0.1, 0.15) is 0 Å². The number of hydrogen-bond acceptors (Lipinski definition) is 1. The normalized spacial score (nSPS) is 40.8. The van der Waals surface area contributed by atoms with E-state index in [2.05, 4.69) is 0 Å². The summed E-state index contributed by atoms with van der Waals surface area (Å²) in [5, 5.41) is 0. The molecule has 0 heterocycles. The molecule has 0 aromatic carbocycles. The van der Waals surface area contributed by atoms with E-state index < -0.39 is 0 Å². The Hall–Kier alpha value is -0.0400. The van der Waals surface area contributed by atoms with Gasteiger partial charge in [-0.15, -0.1) is 0 Å². The molecule has 1 nitrogen and oxygen atoms in total. The summed E-state index contributed by atoms with van der Waals surface area (Å²) in [6.07, 6.45) is 12.1. The first-order chi connectivity index (χ1) is 6.38. The Morgan fingerprint density at radius 1 is 0.846 bits per heavy atom. The molecular formula is C12H22O. The Labute approximate surface area is 81.9 Å². The Morgan fingerprint density at radius 3 is 2.38 bits per heavy atom. The van der Waals surface area contributed by atoms with Gasteiger partial charge in [0.05, 0.1) is 6.10 Å². The fourth-order valence-corrected chi connectivity index (χ4v) is 3.17. The van der Waals surface area contributed by atoms with Crippen molar-refractivity contribution in [1.82, 2.24) is 0 Å². The molecule has 0 aromatic heterocycles. The minimum Gasteiger partial charge on any atom is -0.381 e. The van der Waals surface area contributed by atoms with Crippen molar-refractivity contribution in [2.45, 2.75) is 57.5 Å². The average molecular weight is 182 g/mol. The van der Waals surface area contributed by atoms with Crippen LogP contribution in [0.4, 0.5) is 0 Å². The monoisotopic (exact) mass is 182 g/mol. The summed E-state index contributed by atoms with van der Waals surface area (Å²) in [6, 6.07) is 0. The number of fused-ring (bicyclic) bond motifs is 2. The predicted molar refractivity (Wildman–Crippen MR) is 54.7 cm³/mol. The van der Waals surface area contributed by atoms with Crippen molar-refractivity contribution in [2.24, 2.45) is 11.8 Å². The van der Waals surface area contributed by atoms with Crippen LogP contribution < -0.4 is 0 Å². The maximum atomic E-state index is 5.52. The summed E-state index contributed by atoms with van der Waals surface area (Å²) in [7, 11) is 1.88. The molecule has 0 aliphatic heterocycles. The molecule has 2 aliphatic rings. The summed E-state index contributed by atoms with van der Waals surface area (Å²) in [6.45, 7) is 0. The second-order valence-electron chi connectivity index (χ2n) is 4.92. The average Bonchev–Trinajstić information content (AvgIpc) is 2.49. The van der Waals surface area contributed by atoms with Crippen LogP contribution in [0.15, 0.2) is 0 Å². The molecule has 2 bridgehead atoms. The highest BCUT2D eigenvalue weighted by molar-refractivity contribution is 4.79. The standard InChI is InChI=1S/C12H22O/c1-13-12-7-6-10-4-2-3-5-11(8-10)9-12/h10-12H,2-9H2,1H3. The first-order valence-electron chi connectivity index (χ1n) is 5.91. The third-order valence-corrected chi connectivity index (χ3v) is 3.97. The van der Waals surface area contributed by atoms with Crippen LogP contribution in [0.25, 0.3) is 0 Å². The molecular weight excluding hydrogens is 160 g/mol. The van der Waals surface area contributed by atoms with Gasteiger partial charge in [0.25, 0.3) is 0 Å². The van der Waals surface area contributed by atoms with Crippen molar-refractivity contribution in [3.63, 3.8) is 0 Å². The van der Waals surface area contributed by atoms with Gasteiger partial charge in [-0.3, -0.25) is 0 Å². The molecule has 0 spiro atoms. The smallest absolute Gasteiger partial charge is 0.0574 e. The second-order valence-corrected chi connectivity index (χ2v) is 4.92. The molecule has 13 heavy (non-hydrogen) atoms. The van der Waals surface area contributed by atoms with E-state index in [-0.39, 0.29) is 0 Å². The van der Waals surface area contributed by atoms with Gasteiger partial charge in [0.15, 0.2) is 0 Å². The lowest BCUT2D eigenvalue weighted by Gasteiger charge is -2.17. The molecule has 2 rings (SSSR count). The fraction of sp³-hybridized carbons (Fsp3) is 1.00. The zero-order valence-corrected chi connectivity index (χ0v) is 8.80. The van der Waals surface area contributed by atoms with E-state index in [0.717, 1.165) is 11.8 Å². The van der Waals surface area contributed by atoms with Gasteiger partial charge in [0.2, 0.25) is 0 Å². The molecule has 2 saturated carbocycles.